The molecule has 1 aliphatic rings. The van der Waals surface area contributed by atoms with Crippen LogP contribution in [0.1, 0.15) is 25.8 Å². The van der Waals surface area contributed by atoms with Crippen LogP contribution < -0.4 is 0 Å². The highest BCUT2D eigenvalue weighted by molar-refractivity contribution is 8.13. The Kier molecular flexibility index (Phi) is 6.58. The van der Waals surface area contributed by atoms with E-state index in [9.17, 15) is 23.9 Å². The predicted octanol–water partition coefficient (Wildman–Crippen LogP) is 2.59. The van der Waals surface area contributed by atoms with E-state index in [0.29, 0.717) is 25.1 Å². The number of rotatable bonds is 6. The summed E-state index contributed by atoms with van der Waals surface area (Å²) >= 11 is 1.07. The molecular weight excluding hydrogens is 345 g/mol. The van der Waals surface area contributed by atoms with Gasteiger partial charge in [-0.1, -0.05) is 30.8 Å². The zero-order valence-corrected chi connectivity index (χ0v) is 15.1. The van der Waals surface area contributed by atoms with Gasteiger partial charge in [-0.2, -0.15) is 0 Å². The van der Waals surface area contributed by atoms with Gasteiger partial charge < -0.3 is 10.0 Å². The number of carboxylic acids is 1. The molecule has 1 fully saturated rings. The number of carbonyl (C=O) groups is 3. The summed E-state index contributed by atoms with van der Waals surface area (Å²) in [5.41, 5.74) is 0.921. The van der Waals surface area contributed by atoms with Crippen LogP contribution in [0.3, 0.4) is 0 Å². The van der Waals surface area contributed by atoms with Crippen molar-refractivity contribution in [2.75, 3.05) is 12.3 Å². The van der Waals surface area contributed by atoms with Gasteiger partial charge >= 0.3 is 5.97 Å². The third-order valence-corrected chi connectivity index (χ3v) is 5.42. The van der Waals surface area contributed by atoms with E-state index < -0.39 is 17.9 Å². The number of nitrogens with zero attached hydrogens (tertiary/aromatic N) is 1. The number of halogens is 1. The minimum Gasteiger partial charge on any atom is -0.480 e. The third-order valence-electron chi connectivity index (χ3n) is 4.35. The lowest BCUT2D eigenvalue weighted by molar-refractivity contribution is -0.149. The maximum absolute atomic E-state index is 13.0. The number of carbonyl (C=O) groups excluding carboxylic acids is 2. The SMILES string of the molecule is CC(=O)SCC(C)C(=O)N1CC(Cc2ccc(F)cc2)C[C@H]1C(=O)O. The van der Waals surface area contributed by atoms with Crippen LogP contribution in [0.2, 0.25) is 0 Å². The van der Waals surface area contributed by atoms with Crippen molar-refractivity contribution in [2.45, 2.75) is 32.7 Å². The molecule has 2 rings (SSSR count). The van der Waals surface area contributed by atoms with Gasteiger partial charge in [-0.05, 0) is 36.5 Å². The van der Waals surface area contributed by atoms with Crippen molar-refractivity contribution in [2.24, 2.45) is 11.8 Å². The van der Waals surface area contributed by atoms with E-state index in [4.69, 9.17) is 0 Å². The van der Waals surface area contributed by atoms with Crippen molar-refractivity contribution >= 4 is 28.8 Å². The molecule has 0 spiro atoms. The minimum absolute atomic E-state index is 0.0168. The van der Waals surface area contributed by atoms with E-state index in [2.05, 4.69) is 0 Å². The lowest BCUT2D eigenvalue weighted by Gasteiger charge is -2.24. The van der Waals surface area contributed by atoms with Crippen LogP contribution in [0.25, 0.3) is 0 Å². The summed E-state index contributed by atoms with van der Waals surface area (Å²) in [6, 6.07) is 5.28. The largest absolute Gasteiger partial charge is 0.480 e. The molecule has 2 unspecified atom stereocenters. The first kappa shape index (κ1) is 19.4. The van der Waals surface area contributed by atoms with Crippen molar-refractivity contribution in [1.82, 2.24) is 4.90 Å². The van der Waals surface area contributed by atoms with E-state index in [0.717, 1.165) is 17.3 Å². The molecular formula is C18H22FNO4S. The highest BCUT2D eigenvalue weighted by atomic mass is 32.2. The van der Waals surface area contributed by atoms with Gasteiger partial charge in [-0.15, -0.1) is 0 Å². The van der Waals surface area contributed by atoms with Gasteiger partial charge in [0.1, 0.15) is 11.9 Å². The summed E-state index contributed by atoms with van der Waals surface area (Å²) in [6.45, 7) is 3.52. The predicted molar refractivity (Wildman–Crippen MR) is 93.7 cm³/mol. The molecule has 1 heterocycles. The lowest BCUT2D eigenvalue weighted by atomic mass is 9.97. The second kappa shape index (κ2) is 8.47. The van der Waals surface area contributed by atoms with Crippen molar-refractivity contribution in [3.8, 4) is 0 Å². The summed E-state index contributed by atoms with van der Waals surface area (Å²) in [7, 11) is 0. The van der Waals surface area contributed by atoms with Crippen LogP contribution >= 0.6 is 11.8 Å². The Morgan fingerprint density at radius 3 is 2.52 bits per heavy atom. The molecule has 3 atom stereocenters. The van der Waals surface area contributed by atoms with Crippen molar-refractivity contribution in [1.29, 1.82) is 0 Å². The van der Waals surface area contributed by atoms with Crippen LogP contribution in [0.5, 0.6) is 0 Å². The molecule has 0 aromatic heterocycles. The summed E-state index contributed by atoms with van der Waals surface area (Å²) in [4.78, 5) is 36.6. The first-order chi connectivity index (χ1) is 11.8. The van der Waals surface area contributed by atoms with E-state index in [-0.39, 0.29) is 22.8 Å². The molecule has 1 amide bonds. The quantitative estimate of drug-likeness (QED) is 0.836. The summed E-state index contributed by atoms with van der Waals surface area (Å²) in [5.74, 6) is -1.61. The number of hydrogen-bond donors (Lipinski definition) is 1. The van der Waals surface area contributed by atoms with Crippen LogP contribution in [0.4, 0.5) is 4.39 Å². The van der Waals surface area contributed by atoms with Crippen LogP contribution in [-0.4, -0.2) is 45.3 Å². The Labute approximate surface area is 150 Å². The Morgan fingerprint density at radius 2 is 1.96 bits per heavy atom. The highest BCUT2D eigenvalue weighted by Crippen LogP contribution is 2.29. The number of benzene rings is 1. The van der Waals surface area contributed by atoms with Gasteiger partial charge in [0.25, 0.3) is 0 Å². The molecule has 25 heavy (non-hydrogen) atoms. The second-order valence-electron chi connectivity index (χ2n) is 6.48. The zero-order valence-electron chi connectivity index (χ0n) is 14.3. The molecule has 1 aromatic rings. The number of likely N-dealkylation sites (tertiary alicyclic amines) is 1. The number of aliphatic carboxylic acids is 1. The van der Waals surface area contributed by atoms with E-state index >= 15 is 0 Å². The fourth-order valence-corrected chi connectivity index (χ4v) is 3.73. The first-order valence-corrected chi connectivity index (χ1v) is 9.17. The Bertz CT molecular complexity index is 649. The number of thioether (sulfide) groups is 1. The average molecular weight is 367 g/mol. The molecule has 1 saturated heterocycles. The van der Waals surface area contributed by atoms with Gasteiger partial charge in [-0.3, -0.25) is 9.59 Å². The minimum atomic E-state index is -1.01. The molecule has 7 heteroatoms. The Hall–Kier alpha value is -1.89. The van der Waals surface area contributed by atoms with E-state index in [1.807, 2.05) is 0 Å². The molecule has 1 aromatic carbocycles. The van der Waals surface area contributed by atoms with Crippen LogP contribution in [-0.2, 0) is 20.8 Å². The fraction of sp³-hybridized carbons (Fsp3) is 0.500. The molecule has 5 nitrogen and oxygen atoms in total. The third kappa shape index (κ3) is 5.29. The Morgan fingerprint density at radius 1 is 1.32 bits per heavy atom. The van der Waals surface area contributed by atoms with Crippen molar-refractivity contribution in [3.63, 3.8) is 0 Å². The molecule has 0 radical (unpaired) electrons. The number of carboxylic acid groups (broad SMARTS) is 1. The smallest absolute Gasteiger partial charge is 0.326 e. The topological polar surface area (TPSA) is 74.7 Å². The summed E-state index contributed by atoms with van der Waals surface area (Å²) < 4.78 is 13.0. The van der Waals surface area contributed by atoms with Crippen molar-refractivity contribution in [3.05, 3.63) is 35.6 Å². The van der Waals surface area contributed by atoms with Gasteiger partial charge in [0.2, 0.25) is 5.91 Å². The normalized spacial score (nSPS) is 21.2. The lowest BCUT2D eigenvalue weighted by Crippen LogP contribution is -2.43. The number of amides is 1. The molecule has 1 N–H and O–H groups in total. The maximum atomic E-state index is 13.0. The van der Waals surface area contributed by atoms with Gasteiger partial charge in [-0.25, -0.2) is 9.18 Å². The molecule has 0 saturated carbocycles. The monoisotopic (exact) mass is 367 g/mol. The highest BCUT2D eigenvalue weighted by Gasteiger charge is 2.40. The van der Waals surface area contributed by atoms with Gasteiger partial charge in [0, 0.05) is 25.1 Å². The fourth-order valence-electron chi connectivity index (χ4n) is 3.10. The van der Waals surface area contributed by atoms with Crippen LogP contribution in [0, 0.1) is 17.7 Å². The Balaban J connectivity index is 2.03. The zero-order chi connectivity index (χ0) is 18.6. The summed E-state index contributed by atoms with van der Waals surface area (Å²) in [5, 5.41) is 9.39. The molecule has 1 aliphatic heterocycles. The molecule has 136 valence electrons. The maximum Gasteiger partial charge on any atom is 0.326 e. The average Bonchev–Trinajstić information content (AvgIpc) is 2.98. The van der Waals surface area contributed by atoms with E-state index in [1.54, 1.807) is 19.1 Å². The standard InChI is InChI=1S/C18H22FNO4S/c1-11(10-25-12(2)21)17(22)20-9-14(8-16(20)18(23)24)7-13-3-5-15(19)6-4-13/h3-6,11,14,16H,7-10H2,1-2H3,(H,23,24)/t11?,14?,16-/m0/s1. The van der Waals surface area contributed by atoms with Crippen LogP contribution in [0.15, 0.2) is 24.3 Å². The summed E-state index contributed by atoms with van der Waals surface area (Å²) in [6.07, 6.45) is 0.982. The number of hydrogen-bond acceptors (Lipinski definition) is 4. The second-order valence-corrected chi connectivity index (χ2v) is 7.68. The molecule has 0 aliphatic carbocycles. The van der Waals surface area contributed by atoms with Gasteiger partial charge in [0.05, 0.1) is 0 Å². The van der Waals surface area contributed by atoms with Crippen molar-refractivity contribution < 1.29 is 23.9 Å². The molecule has 0 bridgehead atoms. The van der Waals surface area contributed by atoms with Gasteiger partial charge in [0.15, 0.2) is 5.12 Å². The van der Waals surface area contributed by atoms with E-state index in [1.165, 1.54) is 24.0 Å². The first-order valence-electron chi connectivity index (χ1n) is 8.19.